The first-order valence-electron chi connectivity index (χ1n) is 10.3. The Hall–Kier alpha value is -1.26. The van der Waals surface area contributed by atoms with Gasteiger partial charge in [0.15, 0.2) is 5.96 Å². The Kier molecular flexibility index (Phi) is 12.3. The lowest BCUT2D eigenvalue weighted by Crippen LogP contribution is -2.52. The Labute approximate surface area is 193 Å². The van der Waals surface area contributed by atoms with Gasteiger partial charge in [-0.25, -0.2) is 0 Å². The molecule has 0 unspecified atom stereocenters. The molecule has 166 valence electrons. The Morgan fingerprint density at radius 1 is 1.14 bits per heavy atom. The first kappa shape index (κ1) is 25.8. The van der Waals surface area contributed by atoms with Crippen LogP contribution in [0.25, 0.3) is 0 Å². The molecule has 0 radical (unpaired) electrons. The molecule has 0 spiro atoms. The minimum Gasteiger partial charge on any atom is -0.497 e. The van der Waals surface area contributed by atoms with Crippen LogP contribution in [0, 0.1) is 0 Å². The number of halogens is 1. The van der Waals surface area contributed by atoms with Crippen molar-refractivity contribution >= 4 is 29.9 Å². The number of hydrogen-bond donors (Lipinski definition) is 1. The Morgan fingerprint density at radius 2 is 1.86 bits per heavy atom. The van der Waals surface area contributed by atoms with Gasteiger partial charge in [0.2, 0.25) is 0 Å². The summed E-state index contributed by atoms with van der Waals surface area (Å²) in [6, 6.07) is 5.99. The number of rotatable bonds is 9. The second-order valence-corrected chi connectivity index (χ2v) is 7.07. The minimum absolute atomic E-state index is 0. The number of guanidine groups is 1. The number of nitrogens with one attached hydrogen (secondary N) is 1. The molecular weight excluding hydrogens is 481 g/mol. The van der Waals surface area contributed by atoms with E-state index in [4.69, 9.17) is 14.5 Å². The van der Waals surface area contributed by atoms with Crippen LogP contribution >= 0.6 is 24.0 Å². The number of aliphatic imine (C=N–C) groups is 1. The number of benzene rings is 1. The van der Waals surface area contributed by atoms with E-state index in [1.807, 2.05) is 12.1 Å². The van der Waals surface area contributed by atoms with Crippen LogP contribution in [0.3, 0.4) is 0 Å². The fourth-order valence-electron chi connectivity index (χ4n) is 3.27. The standard InChI is InChI=1S/C21H37N5O2.HI/c1-6-22-21(23-10-11-24(3)7-2)26-14-12-25(13-15-26)17-18-16-19(27-4)8-9-20(18)28-5;/h8-9,16H,6-7,10-15,17H2,1-5H3,(H,22,23);1H. The van der Waals surface area contributed by atoms with E-state index in [1.54, 1.807) is 14.2 Å². The Bertz CT molecular complexity index is 621. The maximum atomic E-state index is 5.52. The van der Waals surface area contributed by atoms with Crippen molar-refractivity contribution in [3.63, 3.8) is 0 Å². The minimum atomic E-state index is 0. The van der Waals surface area contributed by atoms with Gasteiger partial charge in [-0.15, -0.1) is 24.0 Å². The molecule has 7 nitrogen and oxygen atoms in total. The van der Waals surface area contributed by atoms with Crippen LogP contribution in [-0.2, 0) is 6.54 Å². The molecule has 1 fully saturated rings. The van der Waals surface area contributed by atoms with Crippen molar-refractivity contribution in [2.24, 2.45) is 4.99 Å². The van der Waals surface area contributed by atoms with Gasteiger partial charge < -0.3 is 24.6 Å². The van der Waals surface area contributed by atoms with E-state index < -0.39 is 0 Å². The van der Waals surface area contributed by atoms with E-state index in [-0.39, 0.29) is 24.0 Å². The van der Waals surface area contributed by atoms with E-state index in [0.29, 0.717) is 0 Å². The van der Waals surface area contributed by atoms with E-state index in [0.717, 1.165) is 76.4 Å². The molecule has 1 heterocycles. The van der Waals surface area contributed by atoms with Crippen LogP contribution < -0.4 is 14.8 Å². The molecule has 0 aliphatic carbocycles. The molecule has 1 aromatic rings. The molecular formula is C21H38IN5O2. The number of methoxy groups -OCH3 is 2. The highest BCUT2D eigenvalue weighted by molar-refractivity contribution is 14.0. The lowest BCUT2D eigenvalue weighted by molar-refractivity contribution is 0.171. The quantitative estimate of drug-likeness (QED) is 0.307. The third-order valence-electron chi connectivity index (χ3n) is 5.17. The van der Waals surface area contributed by atoms with Gasteiger partial charge in [0.05, 0.1) is 20.8 Å². The zero-order valence-corrected chi connectivity index (χ0v) is 20.9. The summed E-state index contributed by atoms with van der Waals surface area (Å²) in [6.07, 6.45) is 0. The lowest BCUT2D eigenvalue weighted by Gasteiger charge is -2.36. The average molecular weight is 519 g/mol. The fraction of sp³-hybridized carbons (Fsp3) is 0.667. The molecule has 0 bridgehead atoms. The number of ether oxygens (including phenoxy) is 2. The van der Waals surface area contributed by atoms with Gasteiger partial charge in [-0.05, 0) is 38.7 Å². The summed E-state index contributed by atoms with van der Waals surface area (Å²) in [4.78, 5) is 11.9. The second-order valence-electron chi connectivity index (χ2n) is 7.07. The molecule has 29 heavy (non-hydrogen) atoms. The smallest absolute Gasteiger partial charge is 0.194 e. The van der Waals surface area contributed by atoms with Crippen molar-refractivity contribution in [3.05, 3.63) is 23.8 Å². The molecule has 1 saturated heterocycles. The molecule has 0 atom stereocenters. The van der Waals surface area contributed by atoms with Gasteiger partial charge in [-0.1, -0.05) is 6.92 Å². The number of likely N-dealkylation sites (N-methyl/N-ethyl adjacent to an activating group) is 1. The first-order valence-corrected chi connectivity index (χ1v) is 10.3. The normalized spacial score (nSPS) is 15.2. The summed E-state index contributed by atoms with van der Waals surface area (Å²) in [5.41, 5.74) is 1.17. The first-order chi connectivity index (χ1) is 13.6. The highest BCUT2D eigenvalue weighted by Gasteiger charge is 2.20. The summed E-state index contributed by atoms with van der Waals surface area (Å²) < 4.78 is 10.9. The van der Waals surface area contributed by atoms with Crippen molar-refractivity contribution in [1.29, 1.82) is 0 Å². The van der Waals surface area contributed by atoms with Crippen LogP contribution in [0.15, 0.2) is 23.2 Å². The van der Waals surface area contributed by atoms with E-state index in [1.165, 1.54) is 5.56 Å². The molecule has 1 aromatic carbocycles. The Morgan fingerprint density at radius 3 is 2.45 bits per heavy atom. The van der Waals surface area contributed by atoms with E-state index in [2.05, 4.69) is 47.0 Å². The maximum Gasteiger partial charge on any atom is 0.194 e. The molecule has 1 aliphatic heterocycles. The topological polar surface area (TPSA) is 52.6 Å². The largest absolute Gasteiger partial charge is 0.497 e. The molecule has 1 N–H and O–H groups in total. The zero-order chi connectivity index (χ0) is 20.4. The van der Waals surface area contributed by atoms with Crippen LogP contribution in [0.4, 0.5) is 0 Å². The second kappa shape index (κ2) is 13.9. The SMILES string of the molecule is CCNC(=NCCN(C)CC)N1CCN(Cc2cc(OC)ccc2OC)CC1.I. The highest BCUT2D eigenvalue weighted by Crippen LogP contribution is 2.25. The number of piperazine rings is 1. The van der Waals surface area contributed by atoms with Crippen molar-refractivity contribution < 1.29 is 9.47 Å². The van der Waals surface area contributed by atoms with Crippen LogP contribution in [0.1, 0.15) is 19.4 Å². The van der Waals surface area contributed by atoms with Gasteiger partial charge >= 0.3 is 0 Å². The van der Waals surface area contributed by atoms with E-state index in [9.17, 15) is 0 Å². The zero-order valence-electron chi connectivity index (χ0n) is 18.6. The van der Waals surface area contributed by atoms with Crippen molar-refractivity contribution in [3.8, 4) is 11.5 Å². The third kappa shape index (κ3) is 8.18. The lowest BCUT2D eigenvalue weighted by atomic mass is 10.1. The monoisotopic (exact) mass is 519 g/mol. The third-order valence-corrected chi connectivity index (χ3v) is 5.17. The van der Waals surface area contributed by atoms with Crippen molar-refractivity contribution in [2.75, 3.05) is 73.6 Å². The van der Waals surface area contributed by atoms with Gasteiger partial charge in [0.1, 0.15) is 11.5 Å². The maximum absolute atomic E-state index is 5.52. The van der Waals surface area contributed by atoms with Crippen molar-refractivity contribution in [2.45, 2.75) is 20.4 Å². The average Bonchev–Trinajstić information content (AvgIpc) is 2.73. The summed E-state index contributed by atoms with van der Waals surface area (Å²) in [5.74, 6) is 2.82. The molecule has 2 rings (SSSR count). The molecule has 0 aromatic heterocycles. The van der Waals surface area contributed by atoms with Gasteiger partial charge in [-0.3, -0.25) is 9.89 Å². The molecule has 0 amide bonds. The fourth-order valence-corrected chi connectivity index (χ4v) is 3.27. The van der Waals surface area contributed by atoms with Crippen LogP contribution in [0.5, 0.6) is 11.5 Å². The predicted octanol–water partition coefficient (Wildman–Crippen LogP) is 2.36. The summed E-state index contributed by atoms with van der Waals surface area (Å²) in [6.45, 7) is 12.9. The van der Waals surface area contributed by atoms with Gasteiger partial charge in [0.25, 0.3) is 0 Å². The predicted molar refractivity (Wildman–Crippen MR) is 131 cm³/mol. The molecule has 1 aliphatic rings. The Balaban J connectivity index is 0.00000420. The van der Waals surface area contributed by atoms with Gasteiger partial charge in [0, 0.05) is 51.4 Å². The van der Waals surface area contributed by atoms with E-state index >= 15 is 0 Å². The van der Waals surface area contributed by atoms with Crippen molar-refractivity contribution in [1.82, 2.24) is 20.0 Å². The highest BCUT2D eigenvalue weighted by atomic mass is 127. The molecule has 8 heteroatoms. The summed E-state index contributed by atoms with van der Waals surface area (Å²) >= 11 is 0. The molecule has 0 saturated carbocycles. The van der Waals surface area contributed by atoms with Crippen LogP contribution in [-0.4, -0.2) is 94.3 Å². The summed E-state index contributed by atoms with van der Waals surface area (Å²) in [7, 11) is 5.55. The summed E-state index contributed by atoms with van der Waals surface area (Å²) in [5, 5.41) is 3.44. The van der Waals surface area contributed by atoms with Crippen LogP contribution in [0.2, 0.25) is 0 Å². The number of hydrogen-bond acceptors (Lipinski definition) is 5. The van der Waals surface area contributed by atoms with Gasteiger partial charge in [-0.2, -0.15) is 0 Å². The number of nitrogens with zero attached hydrogens (tertiary/aromatic N) is 4.